The fourth-order valence-corrected chi connectivity index (χ4v) is 0.192. The van der Waals surface area contributed by atoms with Crippen LogP contribution in [0.2, 0.25) is 0 Å². The van der Waals surface area contributed by atoms with Crippen LogP contribution in [0.25, 0.3) is 0 Å². The summed E-state index contributed by atoms with van der Waals surface area (Å²) in [7, 11) is 0. The first kappa shape index (κ1) is 10.6. The molecule has 0 saturated carbocycles. The zero-order valence-electron chi connectivity index (χ0n) is 4.21. The summed E-state index contributed by atoms with van der Waals surface area (Å²) < 4.78 is 0. The first-order valence-corrected chi connectivity index (χ1v) is 1.77. The van der Waals surface area contributed by atoms with Crippen LogP contribution in [0.3, 0.4) is 0 Å². The molecule has 49 valence electrons. The van der Waals surface area contributed by atoms with Gasteiger partial charge in [-0.15, -0.1) is 0 Å². The monoisotopic (exact) mass is 291 g/mol. The molecule has 0 saturated heterocycles. The van der Waals surface area contributed by atoms with Crippen LogP contribution in [0, 0.1) is 6.58 Å². The fraction of sp³-hybridized carbons (Fsp3) is 0. The van der Waals surface area contributed by atoms with E-state index in [1.807, 2.05) is 0 Å². The Hall–Kier alpha value is -0.310. The average Bonchev–Trinajstić information content (AvgIpc) is 2.23. The normalized spacial score (nSPS) is 5.50. The molecule has 1 heterocycles. The van der Waals surface area contributed by atoms with E-state index in [0.29, 0.717) is 0 Å². The van der Waals surface area contributed by atoms with Gasteiger partial charge in [0.25, 0.3) is 0 Å². The van der Waals surface area contributed by atoms with Gasteiger partial charge in [0.05, 0.1) is 0 Å². The van der Waals surface area contributed by atoms with E-state index in [-0.39, 0.29) is 22.4 Å². The van der Waals surface area contributed by atoms with Gasteiger partial charge < -0.3 is 16.5 Å². The van der Waals surface area contributed by atoms with Crippen molar-refractivity contribution < 1.29 is 22.4 Å². The van der Waals surface area contributed by atoms with Crippen LogP contribution >= 0.6 is 0 Å². The van der Waals surface area contributed by atoms with Crippen molar-refractivity contribution in [2.75, 3.05) is 0 Å². The van der Waals surface area contributed by atoms with Crippen molar-refractivity contribution in [1.82, 2.24) is 9.97 Å². The van der Waals surface area contributed by atoms with Crippen LogP contribution in [0.15, 0.2) is 25.3 Å². The molecule has 3 heteroatoms. The van der Waals surface area contributed by atoms with E-state index in [9.17, 15) is 0 Å². The minimum atomic E-state index is 0. The van der Waals surface area contributed by atoms with Crippen molar-refractivity contribution in [2.45, 2.75) is 0 Å². The van der Waals surface area contributed by atoms with Crippen molar-refractivity contribution in [2.24, 2.45) is 0 Å². The summed E-state index contributed by atoms with van der Waals surface area (Å²) in [6.07, 6.45) is 4.78. The molecule has 8 heavy (non-hydrogen) atoms. The first-order chi connectivity index (χ1) is 3.50. The summed E-state index contributed by atoms with van der Waals surface area (Å²) in [5, 5.41) is 0. The van der Waals surface area contributed by atoms with Crippen molar-refractivity contribution >= 4 is 0 Å². The third kappa shape index (κ3) is 5.69. The van der Waals surface area contributed by atoms with E-state index < -0.39 is 0 Å². The van der Waals surface area contributed by atoms with Gasteiger partial charge in [0.15, 0.2) is 0 Å². The SMILES string of the molecule is [Au].[CH-]=C.c1c[n-]cn1. The maximum Gasteiger partial charge on any atom is 0 e. The summed E-state index contributed by atoms with van der Waals surface area (Å²) in [6.45, 7) is 7.00. The van der Waals surface area contributed by atoms with Gasteiger partial charge >= 0.3 is 0 Å². The smallest absolute Gasteiger partial charge is 0 e. The van der Waals surface area contributed by atoms with Crippen molar-refractivity contribution in [3.63, 3.8) is 0 Å². The van der Waals surface area contributed by atoms with Gasteiger partial charge in [0.2, 0.25) is 0 Å². The van der Waals surface area contributed by atoms with Crippen LogP contribution < -0.4 is 4.98 Å². The van der Waals surface area contributed by atoms with Crippen molar-refractivity contribution in [3.8, 4) is 0 Å². The maximum absolute atomic E-state index is 4.25. The van der Waals surface area contributed by atoms with Gasteiger partial charge in [0.1, 0.15) is 0 Å². The Bertz CT molecular complexity index is 77.3. The van der Waals surface area contributed by atoms with Gasteiger partial charge in [-0.2, -0.15) is 0 Å². The molecular formula is C5H6AuN2-2. The first-order valence-electron chi connectivity index (χ1n) is 1.77. The zero-order chi connectivity index (χ0) is 5.54. The van der Waals surface area contributed by atoms with Gasteiger partial charge in [-0.3, -0.25) is 6.58 Å². The third-order valence-corrected chi connectivity index (χ3v) is 0.372. The predicted octanol–water partition coefficient (Wildman–Crippen LogP) is 0.642. The van der Waals surface area contributed by atoms with E-state index in [1.54, 1.807) is 12.4 Å². The number of hydrogen-bond donors (Lipinski definition) is 0. The molecule has 1 aromatic rings. The minimum Gasteiger partial charge on any atom is -0.521 e. The van der Waals surface area contributed by atoms with E-state index in [2.05, 4.69) is 23.1 Å². The molecule has 0 bridgehead atoms. The molecule has 0 fully saturated rings. The summed E-state index contributed by atoms with van der Waals surface area (Å²) in [5.41, 5.74) is 0. The minimum absolute atomic E-state index is 0. The number of nitrogens with zero attached hydrogens (tertiary/aromatic N) is 2. The van der Waals surface area contributed by atoms with Gasteiger partial charge in [-0.05, 0) is 0 Å². The van der Waals surface area contributed by atoms with Gasteiger partial charge in [0, 0.05) is 22.4 Å². The molecular weight excluding hydrogens is 285 g/mol. The van der Waals surface area contributed by atoms with Crippen LogP contribution in [0.4, 0.5) is 0 Å². The molecule has 0 aliphatic heterocycles. The molecule has 0 atom stereocenters. The second kappa shape index (κ2) is 9.85. The molecule has 1 aromatic heterocycles. The molecule has 0 N–H and O–H groups in total. The Morgan fingerprint density at radius 1 is 1.50 bits per heavy atom. The topological polar surface area (TPSA) is 27.0 Å². The molecule has 1 rings (SSSR count). The Morgan fingerprint density at radius 2 is 2.12 bits per heavy atom. The summed E-state index contributed by atoms with van der Waals surface area (Å²) in [5.74, 6) is 0. The second-order valence-electron chi connectivity index (χ2n) is 0.712. The molecule has 0 aliphatic carbocycles. The fourth-order valence-electron chi connectivity index (χ4n) is 0.192. The number of imidazole rings is 1. The van der Waals surface area contributed by atoms with Gasteiger partial charge in [-0.25, -0.2) is 0 Å². The molecule has 0 unspecified atom stereocenters. The Balaban J connectivity index is 0. The molecule has 0 aliphatic rings. The maximum atomic E-state index is 4.25. The molecule has 0 spiro atoms. The standard InChI is InChI=1S/C3H3N2.C2H3.Au/c1-2-5-3-4-1;1-2;/h1-3H;1H,2H2;/q2*-1;. The number of aromatic nitrogens is 2. The van der Waals surface area contributed by atoms with E-state index >= 15 is 0 Å². The van der Waals surface area contributed by atoms with Crippen LogP contribution in [-0.4, -0.2) is 4.98 Å². The quantitative estimate of drug-likeness (QED) is 0.518. The van der Waals surface area contributed by atoms with Gasteiger partial charge in [-0.1, -0.05) is 18.7 Å². The van der Waals surface area contributed by atoms with E-state index in [1.165, 1.54) is 6.33 Å². The van der Waals surface area contributed by atoms with Crippen LogP contribution in [0.5, 0.6) is 0 Å². The summed E-state index contributed by atoms with van der Waals surface area (Å²) in [6, 6.07) is 0. The number of rotatable bonds is 0. The Kier molecular flexibility index (Phi) is 13.1. The molecule has 1 radical (unpaired) electrons. The van der Waals surface area contributed by atoms with E-state index in [0.717, 1.165) is 0 Å². The molecule has 0 amide bonds. The summed E-state index contributed by atoms with van der Waals surface area (Å²) in [4.78, 5) is 7.22. The Labute approximate surface area is 64.5 Å². The van der Waals surface area contributed by atoms with Crippen molar-refractivity contribution in [3.05, 3.63) is 31.9 Å². The van der Waals surface area contributed by atoms with E-state index in [4.69, 9.17) is 0 Å². The Morgan fingerprint density at radius 3 is 2.25 bits per heavy atom. The zero-order valence-corrected chi connectivity index (χ0v) is 6.38. The second-order valence-corrected chi connectivity index (χ2v) is 0.712. The molecule has 0 aromatic carbocycles. The summed E-state index contributed by atoms with van der Waals surface area (Å²) >= 11 is 0. The molecule has 2 nitrogen and oxygen atoms in total. The van der Waals surface area contributed by atoms with Crippen LogP contribution in [0.1, 0.15) is 0 Å². The van der Waals surface area contributed by atoms with Crippen LogP contribution in [-0.2, 0) is 22.4 Å². The average molecular weight is 291 g/mol. The largest absolute Gasteiger partial charge is 0.521 e. The van der Waals surface area contributed by atoms with Crippen molar-refractivity contribution in [1.29, 1.82) is 0 Å². The number of hydrogen-bond acceptors (Lipinski definition) is 1. The predicted molar refractivity (Wildman–Crippen MR) is 27.5 cm³/mol. The third-order valence-electron chi connectivity index (χ3n) is 0.372.